The summed E-state index contributed by atoms with van der Waals surface area (Å²) >= 11 is 1.82. The molecule has 0 radical (unpaired) electrons. The second kappa shape index (κ2) is 7.97. The Balaban J connectivity index is 1.78. The Morgan fingerprint density at radius 3 is 2.91 bits per heavy atom. The zero-order chi connectivity index (χ0) is 16.0. The van der Waals surface area contributed by atoms with E-state index in [1.807, 2.05) is 18.4 Å². The molecule has 2 heterocycles. The third kappa shape index (κ3) is 4.99. The van der Waals surface area contributed by atoms with Crippen molar-refractivity contribution in [2.24, 2.45) is 10.9 Å². The van der Waals surface area contributed by atoms with E-state index < -0.39 is 0 Å². The number of nitrogens with one attached hydrogen (secondary N) is 2. The van der Waals surface area contributed by atoms with Crippen LogP contribution >= 0.6 is 11.3 Å². The molecule has 1 unspecified atom stereocenters. The van der Waals surface area contributed by atoms with Gasteiger partial charge in [-0.3, -0.25) is 4.99 Å². The lowest BCUT2D eigenvalue weighted by Gasteiger charge is -2.30. The standard InChI is InChI=1S/C17H30N4S/c1-17(2,15-8-6-10-22-15)13-20-16(18-3)19-11-14-7-5-9-21(4)12-14/h6,8,10,14H,5,7,9,11-13H2,1-4H3,(H2,18,19,20). The Labute approximate surface area is 139 Å². The van der Waals surface area contributed by atoms with Crippen molar-refractivity contribution in [3.63, 3.8) is 0 Å². The molecule has 1 aromatic heterocycles. The number of piperidine rings is 1. The van der Waals surface area contributed by atoms with Gasteiger partial charge in [-0.05, 0) is 43.8 Å². The third-order valence-electron chi connectivity index (χ3n) is 4.39. The molecule has 1 atom stereocenters. The highest BCUT2D eigenvalue weighted by Gasteiger charge is 2.22. The minimum absolute atomic E-state index is 0.122. The number of likely N-dealkylation sites (tertiary alicyclic amines) is 1. The molecule has 124 valence electrons. The van der Waals surface area contributed by atoms with E-state index in [1.54, 1.807) is 0 Å². The van der Waals surface area contributed by atoms with Gasteiger partial charge in [-0.2, -0.15) is 0 Å². The number of aliphatic imine (C=N–C) groups is 1. The first kappa shape index (κ1) is 17.3. The van der Waals surface area contributed by atoms with Crippen LogP contribution in [0.5, 0.6) is 0 Å². The zero-order valence-corrected chi connectivity index (χ0v) is 15.2. The van der Waals surface area contributed by atoms with Gasteiger partial charge in [0.05, 0.1) is 0 Å². The summed E-state index contributed by atoms with van der Waals surface area (Å²) in [5.41, 5.74) is 0.122. The van der Waals surface area contributed by atoms with Gasteiger partial charge in [0.2, 0.25) is 0 Å². The highest BCUT2D eigenvalue weighted by Crippen LogP contribution is 2.26. The van der Waals surface area contributed by atoms with Crippen molar-refractivity contribution in [1.82, 2.24) is 15.5 Å². The molecule has 1 aliphatic rings. The van der Waals surface area contributed by atoms with Gasteiger partial charge in [0.25, 0.3) is 0 Å². The van der Waals surface area contributed by atoms with Gasteiger partial charge in [0.15, 0.2) is 5.96 Å². The Bertz CT molecular complexity index is 467. The van der Waals surface area contributed by atoms with Crippen LogP contribution in [0.2, 0.25) is 0 Å². The Hall–Kier alpha value is -1.07. The Kier molecular flexibility index (Phi) is 6.26. The SMILES string of the molecule is CN=C(NCC1CCCN(C)C1)NCC(C)(C)c1cccs1. The maximum absolute atomic E-state index is 4.36. The van der Waals surface area contributed by atoms with Gasteiger partial charge in [0, 0.05) is 37.0 Å². The monoisotopic (exact) mass is 322 g/mol. The third-order valence-corrected chi connectivity index (χ3v) is 5.63. The maximum atomic E-state index is 4.36. The van der Waals surface area contributed by atoms with E-state index >= 15 is 0 Å². The van der Waals surface area contributed by atoms with E-state index in [2.05, 4.69) is 58.9 Å². The molecule has 5 heteroatoms. The van der Waals surface area contributed by atoms with Crippen LogP contribution in [-0.4, -0.2) is 51.1 Å². The molecule has 1 aromatic rings. The van der Waals surface area contributed by atoms with Crippen LogP contribution in [0.1, 0.15) is 31.6 Å². The number of thiophene rings is 1. The Morgan fingerprint density at radius 2 is 2.27 bits per heavy atom. The first-order valence-corrected chi connectivity index (χ1v) is 9.06. The van der Waals surface area contributed by atoms with E-state index in [9.17, 15) is 0 Å². The van der Waals surface area contributed by atoms with Crippen LogP contribution in [0.4, 0.5) is 0 Å². The predicted molar refractivity (Wildman–Crippen MR) is 96.9 cm³/mol. The molecule has 22 heavy (non-hydrogen) atoms. The zero-order valence-electron chi connectivity index (χ0n) is 14.4. The summed E-state index contributed by atoms with van der Waals surface area (Å²) in [5, 5.41) is 9.12. The van der Waals surface area contributed by atoms with Gasteiger partial charge in [0.1, 0.15) is 0 Å². The largest absolute Gasteiger partial charge is 0.356 e. The van der Waals surface area contributed by atoms with Gasteiger partial charge in [-0.15, -0.1) is 11.3 Å². The lowest BCUT2D eigenvalue weighted by atomic mass is 9.91. The second-order valence-electron chi connectivity index (χ2n) is 6.94. The van der Waals surface area contributed by atoms with E-state index in [-0.39, 0.29) is 5.41 Å². The Morgan fingerprint density at radius 1 is 1.45 bits per heavy atom. The van der Waals surface area contributed by atoms with Gasteiger partial charge in [-0.1, -0.05) is 19.9 Å². The van der Waals surface area contributed by atoms with Crippen LogP contribution in [-0.2, 0) is 5.41 Å². The van der Waals surface area contributed by atoms with Crippen molar-refractivity contribution in [3.8, 4) is 0 Å². The number of rotatable bonds is 5. The van der Waals surface area contributed by atoms with Crippen molar-refractivity contribution >= 4 is 17.3 Å². The molecule has 1 aliphatic heterocycles. The number of nitrogens with zero attached hydrogens (tertiary/aromatic N) is 2. The fourth-order valence-corrected chi connectivity index (χ4v) is 3.81. The molecule has 1 saturated heterocycles. The molecular weight excluding hydrogens is 292 g/mol. The maximum Gasteiger partial charge on any atom is 0.191 e. The minimum atomic E-state index is 0.122. The van der Waals surface area contributed by atoms with Crippen molar-refractivity contribution in [2.75, 3.05) is 40.3 Å². The molecule has 0 saturated carbocycles. The van der Waals surface area contributed by atoms with Crippen LogP contribution < -0.4 is 10.6 Å². The second-order valence-corrected chi connectivity index (χ2v) is 7.89. The van der Waals surface area contributed by atoms with Crippen LogP contribution in [0.3, 0.4) is 0 Å². The van der Waals surface area contributed by atoms with E-state index in [0.717, 1.165) is 25.0 Å². The average Bonchev–Trinajstić information content (AvgIpc) is 3.02. The van der Waals surface area contributed by atoms with Crippen molar-refractivity contribution in [1.29, 1.82) is 0 Å². The average molecular weight is 323 g/mol. The molecule has 4 nitrogen and oxygen atoms in total. The number of guanidine groups is 1. The van der Waals surface area contributed by atoms with Gasteiger partial charge in [-0.25, -0.2) is 0 Å². The van der Waals surface area contributed by atoms with E-state index in [0.29, 0.717) is 0 Å². The normalized spacial score (nSPS) is 20.9. The first-order valence-electron chi connectivity index (χ1n) is 8.18. The first-order chi connectivity index (χ1) is 10.5. The predicted octanol–water partition coefficient (Wildman–Crippen LogP) is 2.53. The van der Waals surface area contributed by atoms with Crippen LogP contribution in [0.25, 0.3) is 0 Å². The highest BCUT2D eigenvalue weighted by molar-refractivity contribution is 7.10. The lowest BCUT2D eigenvalue weighted by molar-refractivity contribution is 0.210. The highest BCUT2D eigenvalue weighted by atomic mass is 32.1. The molecule has 0 bridgehead atoms. The van der Waals surface area contributed by atoms with Crippen molar-refractivity contribution < 1.29 is 0 Å². The molecule has 0 aromatic carbocycles. The van der Waals surface area contributed by atoms with Crippen LogP contribution in [0.15, 0.2) is 22.5 Å². The molecule has 1 fully saturated rings. The van der Waals surface area contributed by atoms with Crippen LogP contribution in [0, 0.1) is 5.92 Å². The molecule has 0 spiro atoms. The topological polar surface area (TPSA) is 39.7 Å². The molecule has 0 amide bonds. The number of hydrogen-bond donors (Lipinski definition) is 2. The van der Waals surface area contributed by atoms with E-state index in [4.69, 9.17) is 0 Å². The number of hydrogen-bond acceptors (Lipinski definition) is 3. The quantitative estimate of drug-likeness (QED) is 0.646. The summed E-state index contributed by atoms with van der Waals surface area (Å²) in [6.07, 6.45) is 2.62. The summed E-state index contributed by atoms with van der Waals surface area (Å²) in [6, 6.07) is 4.33. The minimum Gasteiger partial charge on any atom is -0.356 e. The van der Waals surface area contributed by atoms with Gasteiger partial charge >= 0.3 is 0 Å². The summed E-state index contributed by atoms with van der Waals surface area (Å²) in [7, 11) is 4.06. The fraction of sp³-hybridized carbons (Fsp3) is 0.706. The summed E-state index contributed by atoms with van der Waals surface area (Å²) < 4.78 is 0. The van der Waals surface area contributed by atoms with Crippen molar-refractivity contribution in [2.45, 2.75) is 32.1 Å². The summed E-state index contributed by atoms with van der Waals surface area (Å²) in [4.78, 5) is 8.19. The lowest BCUT2D eigenvalue weighted by Crippen LogP contribution is -2.46. The smallest absolute Gasteiger partial charge is 0.191 e. The molecule has 2 N–H and O–H groups in total. The molecule has 2 rings (SSSR count). The van der Waals surface area contributed by atoms with Gasteiger partial charge < -0.3 is 15.5 Å². The van der Waals surface area contributed by atoms with Crippen molar-refractivity contribution in [3.05, 3.63) is 22.4 Å². The fourth-order valence-electron chi connectivity index (χ4n) is 2.96. The summed E-state index contributed by atoms with van der Waals surface area (Å²) in [6.45, 7) is 8.86. The van der Waals surface area contributed by atoms with E-state index in [1.165, 1.54) is 30.8 Å². The summed E-state index contributed by atoms with van der Waals surface area (Å²) in [5.74, 6) is 1.64. The molecule has 0 aliphatic carbocycles. The molecular formula is C17H30N4S.